The molecule has 0 spiro atoms. The van der Waals surface area contributed by atoms with Crippen molar-refractivity contribution in [3.05, 3.63) is 26.6 Å². The van der Waals surface area contributed by atoms with Crippen molar-refractivity contribution in [2.45, 2.75) is 70.9 Å². The van der Waals surface area contributed by atoms with Gasteiger partial charge in [-0.15, -0.1) is 11.3 Å². The van der Waals surface area contributed by atoms with Gasteiger partial charge in [0.15, 0.2) is 4.77 Å². The van der Waals surface area contributed by atoms with Crippen LogP contribution in [0.3, 0.4) is 0 Å². The maximum atomic E-state index is 12.5. The molecule has 2 aromatic rings. The lowest BCUT2D eigenvalue weighted by Gasteiger charge is -2.29. The lowest BCUT2D eigenvalue weighted by atomic mass is 9.86. The second-order valence-corrected chi connectivity index (χ2v) is 8.60. The van der Waals surface area contributed by atoms with E-state index in [1.54, 1.807) is 4.57 Å². The van der Waals surface area contributed by atoms with Crippen molar-refractivity contribution in [3.63, 3.8) is 0 Å². The summed E-state index contributed by atoms with van der Waals surface area (Å²) in [5, 5.41) is 5.09. The predicted octanol–water partition coefficient (Wildman–Crippen LogP) is 4.38. The van der Waals surface area contributed by atoms with Crippen LogP contribution in [0, 0.1) is 10.7 Å². The fraction of sp³-hybridized carbons (Fsp3) is 0.632. The summed E-state index contributed by atoms with van der Waals surface area (Å²) in [4.78, 5) is 27.7. The van der Waals surface area contributed by atoms with Gasteiger partial charge in [0.1, 0.15) is 4.70 Å². The molecule has 1 aliphatic rings. The monoisotopic (exact) mass is 393 g/mol. The van der Waals surface area contributed by atoms with E-state index in [9.17, 15) is 9.59 Å². The van der Waals surface area contributed by atoms with Crippen LogP contribution in [0.5, 0.6) is 0 Å². The number of unbranched alkanes of at least 4 members (excludes halogenated alkanes) is 2. The van der Waals surface area contributed by atoms with Gasteiger partial charge in [-0.2, -0.15) is 0 Å². The highest BCUT2D eigenvalue weighted by molar-refractivity contribution is 7.71. The molecule has 0 aliphatic heterocycles. The fourth-order valence-corrected chi connectivity index (χ4v) is 4.80. The highest BCUT2D eigenvalue weighted by atomic mass is 32.1. The number of H-pyrrole nitrogens is 1. The Hall–Kier alpha value is -1.47. The Kier molecular flexibility index (Phi) is 6.64. The molecule has 2 heterocycles. The summed E-state index contributed by atoms with van der Waals surface area (Å²) < 4.78 is 2.84. The molecule has 26 heavy (non-hydrogen) atoms. The van der Waals surface area contributed by atoms with Gasteiger partial charge in [0.2, 0.25) is 5.91 Å². The summed E-state index contributed by atoms with van der Waals surface area (Å²) in [6, 6.07) is 2.23. The topological polar surface area (TPSA) is 66.9 Å². The summed E-state index contributed by atoms with van der Waals surface area (Å²) in [5.74, 6) is 0.756. The zero-order chi connectivity index (χ0) is 18.5. The van der Waals surface area contributed by atoms with Crippen molar-refractivity contribution in [2.75, 3.05) is 0 Å². The van der Waals surface area contributed by atoms with E-state index < -0.39 is 0 Å². The van der Waals surface area contributed by atoms with E-state index in [2.05, 4.69) is 17.2 Å². The fourth-order valence-electron chi connectivity index (χ4n) is 3.72. The first kappa shape index (κ1) is 19.3. The van der Waals surface area contributed by atoms with Crippen LogP contribution in [0.15, 0.2) is 16.2 Å². The van der Waals surface area contributed by atoms with Gasteiger partial charge in [-0.05, 0) is 55.3 Å². The minimum Gasteiger partial charge on any atom is -0.353 e. The third-order valence-corrected chi connectivity index (χ3v) is 6.56. The van der Waals surface area contributed by atoms with E-state index >= 15 is 0 Å². The predicted molar refractivity (Wildman–Crippen MR) is 109 cm³/mol. The van der Waals surface area contributed by atoms with E-state index in [0.29, 0.717) is 29.7 Å². The summed E-state index contributed by atoms with van der Waals surface area (Å²) in [6.45, 7) is 2.83. The number of aromatic amines is 1. The van der Waals surface area contributed by atoms with E-state index in [4.69, 9.17) is 12.2 Å². The number of rotatable bonds is 7. The Morgan fingerprint density at radius 3 is 2.96 bits per heavy atom. The zero-order valence-electron chi connectivity index (χ0n) is 15.3. The van der Waals surface area contributed by atoms with Crippen LogP contribution in [0.1, 0.15) is 58.3 Å². The number of fused-ring (bicyclic) bond motifs is 1. The Morgan fingerprint density at radius 1 is 1.35 bits per heavy atom. The van der Waals surface area contributed by atoms with Gasteiger partial charge in [0, 0.05) is 19.0 Å². The first-order valence-corrected chi connectivity index (χ1v) is 10.8. The van der Waals surface area contributed by atoms with Crippen molar-refractivity contribution in [3.8, 4) is 0 Å². The number of aromatic nitrogens is 2. The van der Waals surface area contributed by atoms with E-state index in [1.165, 1.54) is 30.6 Å². The third-order valence-electron chi connectivity index (χ3n) is 5.33. The number of carbonyl (C=O) groups is 1. The standard InChI is InChI=1S/C19H27N3O2S2/c1-13-7-4-5-8-14(13)20-16(23)9-3-2-6-11-22-18(24)17-15(10-12-26-17)21-19(22)25/h10,12-14H,2-9,11H2,1H3,(H,20,23)(H,21,25). The van der Waals surface area contributed by atoms with Crippen LogP contribution in [-0.4, -0.2) is 21.5 Å². The van der Waals surface area contributed by atoms with Crippen LogP contribution < -0.4 is 10.9 Å². The van der Waals surface area contributed by atoms with Crippen molar-refractivity contribution < 1.29 is 4.79 Å². The van der Waals surface area contributed by atoms with Gasteiger partial charge in [-0.1, -0.05) is 26.2 Å². The SMILES string of the molecule is CC1CCCCC1NC(=O)CCCCCn1c(=S)[nH]c2ccsc2c1=O. The molecule has 0 bridgehead atoms. The van der Waals surface area contributed by atoms with Crippen LogP contribution in [0.2, 0.25) is 0 Å². The first-order valence-electron chi connectivity index (χ1n) is 9.56. The molecule has 0 aromatic carbocycles. The van der Waals surface area contributed by atoms with Gasteiger partial charge in [0.25, 0.3) is 5.56 Å². The molecule has 0 radical (unpaired) electrons. The number of amides is 1. The average Bonchev–Trinajstić information content (AvgIpc) is 3.07. The van der Waals surface area contributed by atoms with Gasteiger partial charge in [0.05, 0.1) is 5.52 Å². The molecule has 2 N–H and O–H groups in total. The minimum atomic E-state index is -0.0113. The van der Waals surface area contributed by atoms with Crippen LogP contribution in [0.25, 0.3) is 10.2 Å². The molecule has 3 rings (SSSR count). The second kappa shape index (κ2) is 8.95. The van der Waals surface area contributed by atoms with Crippen molar-refractivity contribution >= 4 is 39.7 Å². The largest absolute Gasteiger partial charge is 0.353 e. The number of thiophene rings is 1. The molecule has 7 heteroatoms. The lowest BCUT2D eigenvalue weighted by Crippen LogP contribution is -2.40. The molecule has 2 unspecified atom stereocenters. The number of hydrogen-bond donors (Lipinski definition) is 2. The molecular formula is C19H27N3O2S2. The van der Waals surface area contributed by atoms with Crippen LogP contribution in [-0.2, 0) is 11.3 Å². The Labute approximate surface area is 162 Å². The molecule has 142 valence electrons. The molecule has 2 atom stereocenters. The molecule has 1 aliphatic carbocycles. The van der Waals surface area contributed by atoms with Crippen molar-refractivity contribution in [1.82, 2.24) is 14.9 Å². The molecule has 5 nitrogen and oxygen atoms in total. The summed E-state index contributed by atoms with van der Waals surface area (Å²) >= 11 is 6.74. The van der Waals surface area contributed by atoms with Gasteiger partial charge in [-0.25, -0.2) is 0 Å². The van der Waals surface area contributed by atoms with Crippen molar-refractivity contribution in [1.29, 1.82) is 0 Å². The van der Waals surface area contributed by atoms with Crippen LogP contribution >= 0.6 is 23.6 Å². The zero-order valence-corrected chi connectivity index (χ0v) is 16.9. The molecular weight excluding hydrogens is 366 g/mol. The van der Waals surface area contributed by atoms with E-state index in [1.807, 2.05) is 11.4 Å². The highest BCUT2D eigenvalue weighted by Gasteiger charge is 2.22. The Bertz CT molecular complexity index is 868. The molecule has 1 fully saturated rings. The summed E-state index contributed by atoms with van der Waals surface area (Å²) in [7, 11) is 0. The number of carbonyl (C=O) groups excluding carboxylic acids is 1. The second-order valence-electron chi connectivity index (χ2n) is 7.30. The van der Waals surface area contributed by atoms with Crippen LogP contribution in [0.4, 0.5) is 0 Å². The number of nitrogens with one attached hydrogen (secondary N) is 2. The molecule has 0 saturated heterocycles. The van der Waals surface area contributed by atoms with Gasteiger partial charge >= 0.3 is 0 Å². The lowest BCUT2D eigenvalue weighted by molar-refractivity contribution is -0.122. The van der Waals surface area contributed by atoms with Gasteiger partial charge < -0.3 is 10.3 Å². The maximum absolute atomic E-state index is 12.5. The molecule has 2 aromatic heterocycles. The minimum absolute atomic E-state index is 0.0113. The highest BCUT2D eigenvalue weighted by Crippen LogP contribution is 2.23. The smallest absolute Gasteiger partial charge is 0.272 e. The molecule has 1 amide bonds. The summed E-state index contributed by atoms with van der Waals surface area (Å²) in [5.41, 5.74) is 0.803. The quantitative estimate of drug-likeness (QED) is 0.542. The first-order chi connectivity index (χ1) is 12.6. The average molecular weight is 394 g/mol. The van der Waals surface area contributed by atoms with Crippen molar-refractivity contribution in [2.24, 2.45) is 5.92 Å². The summed E-state index contributed by atoms with van der Waals surface area (Å²) in [6.07, 6.45) is 8.01. The van der Waals surface area contributed by atoms with Gasteiger partial charge in [-0.3, -0.25) is 14.2 Å². The van der Waals surface area contributed by atoms with E-state index in [-0.39, 0.29) is 11.5 Å². The number of hydrogen-bond acceptors (Lipinski definition) is 4. The Morgan fingerprint density at radius 2 is 2.15 bits per heavy atom. The third kappa shape index (κ3) is 4.62. The van der Waals surface area contributed by atoms with E-state index in [0.717, 1.165) is 35.9 Å². The molecule has 1 saturated carbocycles. The normalized spacial score (nSPS) is 20.3. The number of nitrogens with zero attached hydrogens (tertiary/aromatic N) is 1. The maximum Gasteiger partial charge on any atom is 0.272 e. The Balaban J connectivity index is 1.42.